The van der Waals surface area contributed by atoms with Crippen molar-refractivity contribution >= 4 is 0 Å². The number of hydrogen-bond donors (Lipinski definition) is 1. The van der Waals surface area contributed by atoms with Crippen molar-refractivity contribution in [3.63, 3.8) is 0 Å². The maximum absolute atomic E-state index is 5.93. The first-order valence-corrected chi connectivity index (χ1v) is 6.45. The fourth-order valence-corrected chi connectivity index (χ4v) is 2.34. The average Bonchev–Trinajstić information content (AvgIpc) is 2.42. The zero-order valence-electron chi connectivity index (χ0n) is 10.8. The zero-order chi connectivity index (χ0) is 12.8. The van der Waals surface area contributed by atoms with Crippen molar-refractivity contribution in [3.05, 3.63) is 65.5 Å². The molecule has 0 aliphatic rings. The summed E-state index contributed by atoms with van der Waals surface area (Å²) < 4.78 is 0. The molecule has 0 fully saturated rings. The van der Waals surface area contributed by atoms with Crippen LogP contribution in [0.3, 0.4) is 0 Å². The van der Waals surface area contributed by atoms with Crippen LogP contribution in [-0.4, -0.2) is 11.5 Å². The van der Waals surface area contributed by atoms with Gasteiger partial charge in [-0.1, -0.05) is 24.3 Å². The Kier molecular flexibility index (Phi) is 4.48. The summed E-state index contributed by atoms with van der Waals surface area (Å²) in [5.41, 5.74) is 9.98. The van der Waals surface area contributed by atoms with Gasteiger partial charge in [-0.05, 0) is 61.1 Å². The molecule has 0 amide bonds. The first-order valence-electron chi connectivity index (χ1n) is 6.45. The molecular weight excluding hydrogens is 220 g/mol. The molecule has 1 atom stereocenters. The lowest BCUT2D eigenvalue weighted by Gasteiger charge is -2.17. The fourth-order valence-electron chi connectivity index (χ4n) is 2.34. The van der Waals surface area contributed by atoms with Crippen molar-refractivity contribution in [2.24, 2.45) is 5.73 Å². The summed E-state index contributed by atoms with van der Waals surface area (Å²) in [6.45, 7) is 2.86. The van der Waals surface area contributed by atoms with E-state index in [0.717, 1.165) is 12.8 Å². The molecule has 2 rings (SSSR count). The molecule has 0 saturated heterocycles. The average molecular weight is 240 g/mol. The Morgan fingerprint density at radius 3 is 2.50 bits per heavy atom. The number of aromatic nitrogens is 1. The van der Waals surface area contributed by atoms with E-state index in [1.54, 1.807) is 0 Å². The SMILES string of the molecule is Cc1ccccc1C(CN)CCc1ccncc1. The van der Waals surface area contributed by atoms with E-state index >= 15 is 0 Å². The van der Waals surface area contributed by atoms with Crippen molar-refractivity contribution < 1.29 is 0 Å². The van der Waals surface area contributed by atoms with Crippen LogP contribution >= 0.6 is 0 Å². The van der Waals surface area contributed by atoms with Gasteiger partial charge in [0.15, 0.2) is 0 Å². The lowest BCUT2D eigenvalue weighted by Crippen LogP contribution is -2.14. The van der Waals surface area contributed by atoms with E-state index in [-0.39, 0.29) is 0 Å². The van der Waals surface area contributed by atoms with Crippen molar-refractivity contribution in [3.8, 4) is 0 Å². The van der Waals surface area contributed by atoms with Gasteiger partial charge in [0.25, 0.3) is 0 Å². The topological polar surface area (TPSA) is 38.9 Å². The number of benzene rings is 1. The third kappa shape index (κ3) is 3.17. The van der Waals surface area contributed by atoms with Gasteiger partial charge in [0.2, 0.25) is 0 Å². The lowest BCUT2D eigenvalue weighted by molar-refractivity contribution is 0.630. The fraction of sp³-hybridized carbons (Fsp3) is 0.312. The van der Waals surface area contributed by atoms with Gasteiger partial charge in [-0.2, -0.15) is 0 Å². The van der Waals surface area contributed by atoms with Gasteiger partial charge in [-0.25, -0.2) is 0 Å². The minimum absolute atomic E-state index is 0.444. The van der Waals surface area contributed by atoms with E-state index in [0.29, 0.717) is 12.5 Å². The third-order valence-electron chi connectivity index (χ3n) is 3.44. The number of rotatable bonds is 5. The van der Waals surface area contributed by atoms with E-state index in [2.05, 4.69) is 48.3 Å². The quantitative estimate of drug-likeness (QED) is 0.872. The van der Waals surface area contributed by atoms with E-state index < -0.39 is 0 Å². The van der Waals surface area contributed by atoms with E-state index in [9.17, 15) is 0 Å². The number of hydrogen-bond acceptors (Lipinski definition) is 2. The van der Waals surface area contributed by atoms with Gasteiger partial charge in [0.05, 0.1) is 0 Å². The molecular formula is C16H20N2. The monoisotopic (exact) mass is 240 g/mol. The Morgan fingerprint density at radius 2 is 1.83 bits per heavy atom. The molecule has 1 aromatic carbocycles. The Hall–Kier alpha value is -1.67. The first-order chi connectivity index (χ1) is 8.81. The summed E-state index contributed by atoms with van der Waals surface area (Å²) in [7, 11) is 0. The molecule has 1 heterocycles. The highest BCUT2D eigenvalue weighted by atomic mass is 14.6. The minimum Gasteiger partial charge on any atom is -0.330 e. The predicted molar refractivity (Wildman–Crippen MR) is 75.5 cm³/mol. The van der Waals surface area contributed by atoms with Gasteiger partial charge in [-0.3, -0.25) is 4.98 Å². The lowest BCUT2D eigenvalue weighted by atomic mass is 9.90. The normalized spacial score (nSPS) is 12.3. The Balaban J connectivity index is 2.04. The molecule has 1 unspecified atom stereocenters. The summed E-state index contributed by atoms with van der Waals surface area (Å²) in [5.74, 6) is 0.444. The van der Waals surface area contributed by atoms with Crippen LogP contribution in [0.1, 0.15) is 29.0 Å². The largest absolute Gasteiger partial charge is 0.330 e. The van der Waals surface area contributed by atoms with Crippen molar-refractivity contribution in [2.75, 3.05) is 6.54 Å². The minimum atomic E-state index is 0.444. The van der Waals surface area contributed by atoms with Gasteiger partial charge >= 0.3 is 0 Å². The van der Waals surface area contributed by atoms with Gasteiger partial charge in [0.1, 0.15) is 0 Å². The maximum atomic E-state index is 5.93. The first kappa shape index (κ1) is 12.8. The zero-order valence-corrected chi connectivity index (χ0v) is 10.8. The van der Waals surface area contributed by atoms with Crippen LogP contribution in [0.2, 0.25) is 0 Å². The molecule has 0 radical (unpaired) electrons. The summed E-state index contributed by atoms with van der Waals surface area (Å²) >= 11 is 0. The molecule has 0 bridgehead atoms. The van der Waals surface area contributed by atoms with E-state index in [1.807, 2.05) is 12.4 Å². The highest BCUT2D eigenvalue weighted by Crippen LogP contribution is 2.23. The molecule has 0 aliphatic carbocycles. The van der Waals surface area contributed by atoms with Crippen molar-refractivity contribution in [1.82, 2.24) is 4.98 Å². The van der Waals surface area contributed by atoms with Gasteiger partial charge in [0, 0.05) is 12.4 Å². The van der Waals surface area contributed by atoms with Crippen LogP contribution < -0.4 is 5.73 Å². The van der Waals surface area contributed by atoms with Crippen molar-refractivity contribution in [1.29, 1.82) is 0 Å². The molecule has 2 heteroatoms. The van der Waals surface area contributed by atoms with Crippen LogP contribution in [0.25, 0.3) is 0 Å². The predicted octanol–water partition coefficient (Wildman–Crippen LogP) is 3.07. The second kappa shape index (κ2) is 6.31. The number of nitrogens with two attached hydrogens (primary N) is 1. The summed E-state index contributed by atoms with van der Waals surface area (Å²) in [4.78, 5) is 4.04. The van der Waals surface area contributed by atoms with Crippen molar-refractivity contribution in [2.45, 2.75) is 25.7 Å². The van der Waals surface area contributed by atoms with Crippen LogP contribution in [0.15, 0.2) is 48.8 Å². The summed E-state index contributed by atoms with van der Waals surface area (Å²) in [6.07, 6.45) is 5.84. The second-order valence-electron chi connectivity index (χ2n) is 4.68. The number of pyridine rings is 1. The molecule has 2 aromatic rings. The van der Waals surface area contributed by atoms with Gasteiger partial charge in [-0.15, -0.1) is 0 Å². The maximum Gasteiger partial charge on any atom is 0.0270 e. The third-order valence-corrected chi connectivity index (χ3v) is 3.44. The van der Waals surface area contributed by atoms with Crippen LogP contribution in [0.5, 0.6) is 0 Å². The smallest absolute Gasteiger partial charge is 0.0270 e. The molecule has 0 aliphatic heterocycles. The standard InChI is InChI=1S/C16H20N2/c1-13-4-2-3-5-16(13)15(12-17)7-6-14-8-10-18-11-9-14/h2-5,8-11,15H,6-7,12,17H2,1H3. The Bertz CT molecular complexity index is 479. The summed E-state index contributed by atoms with van der Waals surface area (Å²) in [6, 6.07) is 12.7. The van der Waals surface area contributed by atoms with E-state index in [4.69, 9.17) is 5.73 Å². The highest BCUT2D eigenvalue weighted by Gasteiger charge is 2.11. The van der Waals surface area contributed by atoms with Crippen LogP contribution in [0.4, 0.5) is 0 Å². The summed E-state index contributed by atoms with van der Waals surface area (Å²) in [5, 5.41) is 0. The second-order valence-corrected chi connectivity index (χ2v) is 4.68. The molecule has 2 nitrogen and oxygen atoms in total. The Labute approximate surface area is 109 Å². The molecule has 0 saturated carbocycles. The molecule has 2 N–H and O–H groups in total. The van der Waals surface area contributed by atoms with E-state index in [1.165, 1.54) is 16.7 Å². The number of nitrogens with zero attached hydrogens (tertiary/aromatic N) is 1. The molecule has 18 heavy (non-hydrogen) atoms. The number of aryl methyl sites for hydroxylation is 2. The van der Waals surface area contributed by atoms with Crippen LogP contribution in [0, 0.1) is 6.92 Å². The highest BCUT2D eigenvalue weighted by molar-refractivity contribution is 5.29. The molecule has 94 valence electrons. The molecule has 0 spiro atoms. The Morgan fingerprint density at radius 1 is 1.11 bits per heavy atom. The van der Waals surface area contributed by atoms with Gasteiger partial charge < -0.3 is 5.73 Å². The van der Waals surface area contributed by atoms with Crippen LogP contribution in [-0.2, 0) is 6.42 Å². The molecule has 1 aromatic heterocycles.